The SMILES string of the molecule is N#CC1=C(N)Oc2ccc3ccc(=O)oc3c2[C@@H]1c1cccs1. The van der Waals surface area contributed by atoms with E-state index in [4.69, 9.17) is 14.9 Å². The number of rotatable bonds is 1. The fraction of sp³-hybridized carbons (Fsp3) is 0.0588. The van der Waals surface area contributed by atoms with E-state index in [1.165, 1.54) is 17.4 Å². The highest BCUT2D eigenvalue weighted by Gasteiger charge is 2.33. The number of nitrogens with two attached hydrogens (primary N) is 1. The second-order valence-corrected chi connectivity index (χ2v) is 6.07. The van der Waals surface area contributed by atoms with Crippen molar-refractivity contribution < 1.29 is 9.15 Å². The highest BCUT2D eigenvalue weighted by Crippen LogP contribution is 2.46. The van der Waals surface area contributed by atoms with Crippen LogP contribution in [0.25, 0.3) is 11.0 Å². The molecule has 5 nitrogen and oxygen atoms in total. The average Bonchev–Trinajstić information content (AvgIpc) is 3.07. The molecule has 0 bridgehead atoms. The zero-order valence-electron chi connectivity index (χ0n) is 11.8. The molecule has 0 fully saturated rings. The third kappa shape index (κ3) is 2.02. The third-order valence-electron chi connectivity index (χ3n) is 3.80. The van der Waals surface area contributed by atoms with E-state index in [0.29, 0.717) is 22.5 Å². The first-order valence-corrected chi connectivity index (χ1v) is 7.75. The van der Waals surface area contributed by atoms with Gasteiger partial charge in [-0.05, 0) is 29.6 Å². The van der Waals surface area contributed by atoms with Gasteiger partial charge in [0.2, 0.25) is 5.88 Å². The molecule has 0 saturated carbocycles. The molecule has 0 unspecified atom stereocenters. The zero-order chi connectivity index (χ0) is 16.0. The predicted octanol–water partition coefficient (Wildman–Crippen LogP) is 3.07. The van der Waals surface area contributed by atoms with Crippen molar-refractivity contribution in [2.75, 3.05) is 0 Å². The van der Waals surface area contributed by atoms with Crippen LogP contribution in [0.3, 0.4) is 0 Å². The van der Waals surface area contributed by atoms with Gasteiger partial charge in [-0.25, -0.2) is 4.79 Å². The third-order valence-corrected chi connectivity index (χ3v) is 4.74. The Labute approximate surface area is 134 Å². The molecule has 112 valence electrons. The van der Waals surface area contributed by atoms with Crippen molar-refractivity contribution in [3.05, 3.63) is 74.1 Å². The Balaban J connectivity index is 2.11. The first-order valence-electron chi connectivity index (χ1n) is 6.87. The maximum absolute atomic E-state index is 11.7. The van der Waals surface area contributed by atoms with E-state index in [1.54, 1.807) is 18.2 Å². The van der Waals surface area contributed by atoms with Crippen LogP contribution in [0.4, 0.5) is 0 Å². The molecule has 0 amide bonds. The summed E-state index contributed by atoms with van der Waals surface area (Å²) in [5.74, 6) is 0.177. The van der Waals surface area contributed by atoms with E-state index in [9.17, 15) is 10.1 Å². The summed E-state index contributed by atoms with van der Waals surface area (Å²) in [6.45, 7) is 0. The van der Waals surface area contributed by atoms with Gasteiger partial charge in [-0.15, -0.1) is 11.3 Å². The monoisotopic (exact) mass is 322 g/mol. The highest BCUT2D eigenvalue weighted by atomic mass is 32.1. The van der Waals surface area contributed by atoms with Crippen molar-refractivity contribution in [2.45, 2.75) is 5.92 Å². The van der Waals surface area contributed by atoms with Crippen LogP contribution in [0.1, 0.15) is 16.4 Å². The fourth-order valence-electron chi connectivity index (χ4n) is 2.82. The number of hydrogen-bond donors (Lipinski definition) is 1. The highest BCUT2D eigenvalue weighted by molar-refractivity contribution is 7.10. The van der Waals surface area contributed by atoms with Crippen LogP contribution in [0.2, 0.25) is 0 Å². The van der Waals surface area contributed by atoms with Crippen LogP contribution >= 0.6 is 11.3 Å². The summed E-state index contributed by atoms with van der Waals surface area (Å²) < 4.78 is 11.0. The molecule has 2 aromatic heterocycles. The number of nitrogens with zero attached hydrogens (tertiary/aromatic N) is 1. The van der Waals surface area contributed by atoms with Gasteiger partial charge >= 0.3 is 5.63 Å². The molecule has 0 saturated heterocycles. The molecule has 6 heteroatoms. The van der Waals surface area contributed by atoms with Gasteiger partial charge in [0.25, 0.3) is 0 Å². The summed E-state index contributed by atoms with van der Waals surface area (Å²) in [5, 5.41) is 12.2. The van der Waals surface area contributed by atoms with Crippen molar-refractivity contribution >= 4 is 22.3 Å². The van der Waals surface area contributed by atoms with E-state index >= 15 is 0 Å². The number of fused-ring (bicyclic) bond motifs is 3. The second-order valence-electron chi connectivity index (χ2n) is 5.09. The Morgan fingerprint density at radius 3 is 2.78 bits per heavy atom. The maximum Gasteiger partial charge on any atom is 0.336 e. The lowest BCUT2D eigenvalue weighted by Gasteiger charge is -2.25. The minimum atomic E-state index is -0.447. The van der Waals surface area contributed by atoms with Crippen LogP contribution in [-0.2, 0) is 0 Å². The molecule has 1 aliphatic heterocycles. The number of ether oxygens (including phenoxy) is 1. The summed E-state index contributed by atoms with van der Waals surface area (Å²) >= 11 is 1.51. The van der Waals surface area contributed by atoms with Gasteiger partial charge in [-0.3, -0.25) is 0 Å². The molecule has 0 radical (unpaired) electrons. The van der Waals surface area contributed by atoms with E-state index in [2.05, 4.69) is 6.07 Å². The van der Waals surface area contributed by atoms with Crippen LogP contribution in [0.15, 0.2) is 62.4 Å². The van der Waals surface area contributed by atoms with Gasteiger partial charge in [0.05, 0.1) is 11.5 Å². The Morgan fingerprint density at radius 1 is 1.22 bits per heavy atom. The van der Waals surface area contributed by atoms with Gasteiger partial charge in [-0.2, -0.15) is 5.26 Å². The van der Waals surface area contributed by atoms with Crippen LogP contribution in [0, 0.1) is 11.3 Å². The summed E-state index contributed by atoms with van der Waals surface area (Å²) in [4.78, 5) is 12.6. The molecular formula is C17H10N2O3S. The van der Waals surface area contributed by atoms with Crippen molar-refractivity contribution in [3.63, 3.8) is 0 Å². The summed E-state index contributed by atoms with van der Waals surface area (Å²) in [6, 6.07) is 12.6. The van der Waals surface area contributed by atoms with Crippen molar-refractivity contribution in [2.24, 2.45) is 5.73 Å². The zero-order valence-corrected chi connectivity index (χ0v) is 12.6. The van der Waals surface area contributed by atoms with Crippen LogP contribution in [-0.4, -0.2) is 0 Å². The summed E-state index contributed by atoms with van der Waals surface area (Å²) in [6.07, 6.45) is 0. The predicted molar refractivity (Wildman–Crippen MR) is 86.1 cm³/mol. The fourth-order valence-corrected chi connectivity index (χ4v) is 3.66. The van der Waals surface area contributed by atoms with E-state index in [0.717, 1.165) is 10.3 Å². The van der Waals surface area contributed by atoms with Crippen molar-refractivity contribution in [1.29, 1.82) is 5.26 Å². The lowest BCUT2D eigenvalue weighted by Crippen LogP contribution is -2.21. The van der Waals surface area contributed by atoms with E-state index < -0.39 is 11.5 Å². The molecule has 0 aliphatic carbocycles. The van der Waals surface area contributed by atoms with E-state index in [1.807, 2.05) is 17.5 Å². The van der Waals surface area contributed by atoms with Gasteiger partial charge in [0, 0.05) is 16.3 Å². The lowest BCUT2D eigenvalue weighted by atomic mass is 9.87. The quantitative estimate of drug-likeness (QED) is 0.695. The number of allylic oxidation sites excluding steroid dienone is 1. The van der Waals surface area contributed by atoms with Crippen LogP contribution < -0.4 is 16.1 Å². The molecule has 1 aliphatic rings. The Bertz CT molecular complexity index is 1040. The first-order chi connectivity index (χ1) is 11.2. The second kappa shape index (κ2) is 5.00. The average molecular weight is 322 g/mol. The van der Waals surface area contributed by atoms with E-state index in [-0.39, 0.29) is 5.88 Å². The van der Waals surface area contributed by atoms with Gasteiger partial charge < -0.3 is 14.9 Å². The molecule has 4 rings (SSSR count). The Morgan fingerprint density at radius 2 is 2.04 bits per heavy atom. The van der Waals surface area contributed by atoms with Crippen LogP contribution in [0.5, 0.6) is 5.75 Å². The summed E-state index contributed by atoms with van der Waals surface area (Å²) in [7, 11) is 0. The minimum Gasteiger partial charge on any atom is -0.440 e. The smallest absolute Gasteiger partial charge is 0.336 e. The molecule has 0 spiro atoms. The molecular weight excluding hydrogens is 312 g/mol. The first kappa shape index (κ1) is 13.6. The molecule has 23 heavy (non-hydrogen) atoms. The largest absolute Gasteiger partial charge is 0.440 e. The normalized spacial score (nSPS) is 16.7. The molecule has 3 aromatic rings. The molecule has 1 aromatic carbocycles. The van der Waals surface area contributed by atoms with Crippen molar-refractivity contribution in [3.8, 4) is 11.8 Å². The van der Waals surface area contributed by atoms with Gasteiger partial charge in [-0.1, -0.05) is 6.07 Å². The molecule has 1 atom stereocenters. The standard InChI is InChI=1S/C17H10N2O3S/c18-8-10-14(12-2-1-7-23-12)15-11(21-17(10)19)5-3-9-4-6-13(20)22-16(9)15/h1-7,14H,19H2/t14-/m0/s1. The number of benzene rings is 1. The Kier molecular flexibility index (Phi) is 2.96. The number of hydrogen-bond acceptors (Lipinski definition) is 6. The maximum atomic E-state index is 11.7. The molecule has 3 heterocycles. The topological polar surface area (TPSA) is 89.3 Å². The number of nitriles is 1. The minimum absolute atomic E-state index is 0.0797. The van der Waals surface area contributed by atoms with Crippen molar-refractivity contribution in [1.82, 2.24) is 0 Å². The number of thiophene rings is 1. The lowest BCUT2D eigenvalue weighted by molar-refractivity contribution is 0.393. The van der Waals surface area contributed by atoms with Gasteiger partial charge in [0.15, 0.2) is 0 Å². The molecule has 2 N–H and O–H groups in total. The summed E-state index contributed by atoms with van der Waals surface area (Å²) in [5.41, 5.74) is 6.88. The van der Waals surface area contributed by atoms with Gasteiger partial charge in [0.1, 0.15) is 23.0 Å². The Hall–Kier alpha value is -3.04.